The standard InChI is InChI=1S/C10H10N2O2/c1-6-8(10(12)13)3-7(5-11)4-9(6)14-2/h3-4H,1-2H3,(H2,12,13). The van der Waals surface area contributed by atoms with Gasteiger partial charge < -0.3 is 10.5 Å². The molecule has 1 rings (SSSR count). The highest BCUT2D eigenvalue weighted by atomic mass is 16.5. The number of methoxy groups -OCH3 is 1. The first-order chi connectivity index (χ1) is 6.60. The lowest BCUT2D eigenvalue weighted by atomic mass is 10.0. The molecule has 0 heterocycles. The number of primary amides is 1. The molecule has 0 bridgehead atoms. The number of hydrogen-bond donors (Lipinski definition) is 1. The third-order valence-corrected chi connectivity index (χ3v) is 1.97. The molecule has 4 heteroatoms. The monoisotopic (exact) mass is 190 g/mol. The summed E-state index contributed by atoms with van der Waals surface area (Å²) in [5.41, 5.74) is 6.49. The summed E-state index contributed by atoms with van der Waals surface area (Å²) in [7, 11) is 1.48. The van der Waals surface area contributed by atoms with Crippen LogP contribution in [-0.4, -0.2) is 13.0 Å². The molecule has 0 aliphatic carbocycles. The lowest BCUT2D eigenvalue weighted by Gasteiger charge is -2.08. The van der Waals surface area contributed by atoms with Crippen LogP contribution in [0.5, 0.6) is 5.75 Å². The van der Waals surface area contributed by atoms with Gasteiger partial charge in [-0.1, -0.05) is 0 Å². The molecular formula is C10H10N2O2. The van der Waals surface area contributed by atoms with Gasteiger partial charge in [-0.3, -0.25) is 4.79 Å². The fourth-order valence-electron chi connectivity index (χ4n) is 1.22. The summed E-state index contributed by atoms with van der Waals surface area (Å²) < 4.78 is 5.02. The Morgan fingerprint density at radius 2 is 2.21 bits per heavy atom. The first kappa shape index (κ1) is 10.1. The molecule has 0 unspecified atom stereocenters. The second-order valence-corrected chi connectivity index (χ2v) is 2.83. The number of rotatable bonds is 2. The van der Waals surface area contributed by atoms with Gasteiger partial charge in [-0.05, 0) is 19.1 Å². The molecule has 0 saturated carbocycles. The van der Waals surface area contributed by atoms with E-state index in [1.54, 1.807) is 13.0 Å². The molecule has 0 spiro atoms. The fourth-order valence-corrected chi connectivity index (χ4v) is 1.22. The average Bonchev–Trinajstić information content (AvgIpc) is 2.17. The van der Waals surface area contributed by atoms with Crippen LogP contribution in [0, 0.1) is 18.3 Å². The highest BCUT2D eigenvalue weighted by Gasteiger charge is 2.11. The Morgan fingerprint density at radius 3 is 2.64 bits per heavy atom. The minimum atomic E-state index is -0.557. The summed E-state index contributed by atoms with van der Waals surface area (Å²) >= 11 is 0. The molecular weight excluding hydrogens is 180 g/mol. The van der Waals surface area contributed by atoms with Crippen LogP contribution in [0.2, 0.25) is 0 Å². The second kappa shape index (κ2) is 3.79. The molecule has 0 fully saturated rings. The Morgan fingerprint density at radius 1 is 1.57 bits per heavy atom. The van der Waals surface area contributed by atoms with E-state index in [4.69, 9.17) is 15.7 Å². The van der Waals surface area contributed by atoms with Crippen molar-refractivity contribution in [2.75, 3.05) is 7.11 Å². The third kappa shape index (κ3) is 1.67. The summed E-state index contributed by atoms with van der Waals surface area (Å²) in [6, 6.07) is 4.97. The SMILES string of the molecule is COc1cc(C#N)cc(C(N)=O)c1C. The van der Waals surface area contributed by atoms with Crippen LogP contribution >= 0.6 is 0 Å². The topological polar surface area (TPSA) is 76.1 Å². The number of benzene rings is 1. The lowest BCUT2D eigenvalue weighted by Crippen LogP contribution is -2.13. The normalized spacial score (nSPS) is 9.21. The van der Waals surface area contributed by atoms with E-state index in [1.165, 1.54) is 13.2 Å². The quantitative estimate of drug-likeness (QED) is 0.755. The number of ether oxygens (including phenoxy) is 1. The average molecular weight is 190 g/mol. The number of amides is 1. The molecule has 2 N–H and O–H groups in total. The number of hydrogen-bond acceptors (Lipinski definition) is 3. The molecule has 72 valence electrons. The molecule has 0 aliphatic heterocycles. The largest absolute Gasteiger partial charge is 0.496 e. The zero-order valence-electron chi connectivity index (χ0n) is 8.00. The summed E-state index contributed by atoms with van der Waals surface area (Å²) in [5.74, 6) is -0.0595. The first-order valence-corrected chi connectivity index (χ1v) is 3.98. The van der Waals surface area contributed by atoms with E-state index in [-0.39, 0.29) is 0 Å². The van der Waals surface area contributed by atoms with E-state index in [0.29, 0.717) is 22.4 Å². The van der Waals surface area contributed by atoms with Gasteiger partial charge in [0, 0.05) is 11.1 Å². The Kier molecular flexibility index (Phi) is 2.73. The third-order valence-electron chi connectivity index (χ3n) is 1.97. The Bertz CT molecular complexity index is 419. The van der Waals surface area contributed by atoms with Crippen molar-refractivity contribution in [3.8, 4) is 11.8 Å². The zero-order chi connectivity index (χ0) is 10.7. The predicted octanol–water partition coefficient (Wildman–Crippen LogP) is 0.974. The molecule has 4 nitrogen and oxygen atoms in total. The zero-order valence-corrected chi connectivity index (χ0v) is 8.00. The number of carbonyl (C=O) groups is 1. The number of carbonyl (C=O) groups excluding carboxylic acids is 1. The molecule has 1 aromatic rings. The summed E-state index contributed by atoms with van der Waals surface area (Å²) in [6.45, 7) is 1.72. The van der Waals surface area contributed by atoms with Gasteiger partial charge in [0.05, 0.1) is 18.7 Å². The van der Waals surface area contributed by atoms with Gasteiger partial charge in [-0.2, -0.15) is 5.26 Å². The van der Waals surface area contributed by atoms with Gasteiger partial charge in [-0.25, -0.2) is 0 Å². The van der Waals surface area contributed by atoms with Gasteiger partial charge in [0.25, 0.3) is 0 Å². The van der Waals surface area contributed by atoms with E-state index in [1.807, 2.05) is 6.07 Å². The summed E-state index contributed by atoms with van der Waals surface area (Å²) in [6.07, 6.45) is 0. The van der Waals surface area contributed by atoms with Gasteiger partial charge in [0.2, 0.25) is 5.91 Å². The van der Waals surface area contributed by atoms with Crippen LogP contribution < -0.4 is 10.5 Å². The molecule has 1 aromatic carbocycles. The fraction of sp³-hybridized carbons (Fsp3) is 0.200. The van der Waals surface area contributed by atoms with E-state index in [2.05, 4.69) is 0 Å². The maximum absolute atomic E-state index is 11.0. The maximum Gasteiger partial charge on any atom is 0.249 e. The van der Waals surface area contributed by atoms with Crippen LogP contribution in [0.4, 0.5) is 0 Å². The van der Waals surface area contributed by atoms with E-state index in [0.717, 1.165) is 0 Å². The Balaban J connectivity index is 3.44. The van der Waals surface area contributed by atoms with Crippen LogP contribution in [0.3, 0.4) is 0 Å². The van der Waals surface area contributed by atoms with Crippen molar-refractivity contribution in [3.63, 3.8) is 0 Å². The van der Waals surface area contributed by atoms with Crippen LogP contribution in [-0.2, 0) is 0 Å². The molecule has 0 atom stereocenters. The van der Waals surface area contributed by atoms with Crippen LogP contribution in [0.1, 0.15) is 21.5 Å². The highest BCUT2D eigenvalue weighted by Crippen LogP contribution is 2.23. The molecule has 0 saturated heterocycles. The number of nitriles is 1. The van der Waals surface area contributed by atoms with Gasteiger partial charge in [-0.15, -0.1) is 0 Å². The Labute approximate surface area is 81.9 Å². The van der Waals surface area contributed by atoms with E-state index >= 15 is 0 Å². The molecule has 0 aliphatic rings. The predicted molar refractivity (Wildman–Crippen MR) is 51.0 cm³/mol. The molecule has 0 aromatic heterocycles. The maximum atomic E-state index is 11.0. The molecule has 0 radical (unpaired) electrons. The second-order valence-electron chi connectivity index (χ2n) is 2.83. The minimum absolute atomic E-state index is 0.320. The van der Waals surface area contributed by atoms with E-state index < -0.39 is 5.91 Å². The van der Waals surface area contributed by atoms with Crippen molar-refractivity contribution in [2.45, 2.75) is 6.92 Å². The number of nitrogens with two attached hydrogens (primary N) is 1. The highest BCUT2D eigenvalue weighted by molar-refractivity contribution is 5.95. The van der Waals surface area contributed by atoms with Gasteiger partial charge in [0.1, 0.15) is 5.75 Å². The first-order valence-electron chi connectivity index (χ1n) is 3.98. The van der Waals surface area contributed by atoms with Gasteiger partial charge in [0.15, 0.2) is 0 Å². The number of nitrogens with zero attached hydrogens (tertiary/aromatic N) is 1. The molecule has 1 amide bonds. The Hall–Kier alpha value is -2.02. The minimum Gasteiger partial charge on any atom is -0.496 e. The van der Waals surface area contributed by atoms with Crippen molar-refractivity contribution in [3.05, 3.63) is 28.8 Å². The van der Waals surface area contributed by atoms with Crippen molar-refractivity contribution < 1.29 is 9.53 Å². The van der Waals surface area contributed by atoms with Crippen molar-refractivity contribution in [1.29, 1.82) is 5.26 Å². The van der Waals surface area contributed by atoms with Crippen LogP contribution in [0.25, 0.3) is 0 Å². The van der Waals surface area contributed by atoms with Gasteiger partial charge >= 0.3 is 0 Å². The lowest BCUT2D eigenvalue weighted by molar-refractivity contribution is 0.0999. The van der Waals surface area contributed by atoms with E-state index in [9.17, 15) is 4.79 Å². The molecule has 14 heavy (non-hydrogen) atoms. The van der Waals surface area contributed by atoms with Crippen molar-refractivity contribution in [1.82, 2.24) is 0 Å². The summed E-state index contributed by atoms with van der Waals surface area (Å²) in [4.78, 5) is 11.0. The van der Waals surface area contributed by atoms with Crippen LogP contribution in [0.15, 0.2) is 12.1 Å². The smallest absolute Gasteiger partial charge is 0.249 e. The summed E-state index contributed by atoms with van der Waals surface area (Å²) in [5, 5.41) is 8.70. The van der Waals surface area contributed by atoms with Crippen molar-refractivity contribution >= 4 is 5.91 Å². The van der Waals surface area contributed by atoms with Crippen molar-refractivity contribution in [2.24, 2.45) is 5.73 Å².